The van der Waals surface area contributed by atoms with Crippen molar-refractivity contribution >= 4 is 23.3 Å². The van der Waals surface area contributed by atoms with Gasteiger partial charge in [-0.15, -0.1) is 0 Å². The van der Waals surface area contributed by atoms with Gasteiger partial charge in [0.25, 0.3) is 11.6 Å². The van der Waals surface area contributed by atoms with Crippen LogP contribution in [-0.2, 0) is 4.79 Å². The van der Waals surface area contributed by atoms with Crippen molar-refractivity contribution < 1.29 is 19.6 Å². The highest BCUT2D eigenvalue weighted by atomic mass is 16.6. The summed E-state index contributed by atoms with van der Waals surface area (Å²) in [6.07, 6.45) is 2.14. The molecule has 2 rings (SSSR count). The first-order chi connectivity index (χ1) is 10.9. The van der Waals surface area contributed by atoms with Crippen molar-refractivity contribution in [2.75, 3.05) is 18.8 Å². The molecule has 124 valence electrons. The van der Waals surface area contributed by atoms with Crippen LogP contribution in [0.2, 0.25) is 0 Å². The molecule has 1 saturated heterocycles. The molecule has 0 bridgehead atoms. The number of hydrogen-bond donors (Lipinski definition) is 2. The number of piperidine rings is 1. The van der Waals surface area contributed by atoms with Gasteiger partial charge in [-0.25, -0.2) is 0 Å². The van der Waals surface area contributed by atoms with Crippen LogP contribution >= 0.6 is 0 Å². The molecule has 1 unspecified atom stereocenters. The van der Waals surface area contributed by atoms with Crippen molar-refractivity contribution in [3.05, 3.63) is 33.9 Å². The van der Waals surface area contributed by atoms with E-state index in [0.29, 0.717) is 19.5 Å². The number of carboxylic acid groups (broad SMARTS) is 1. The Balaban J connectivity index is 2.17. The maximum atomic E-state index is 12.7. The first kappa shape index (κ1) is 16.7. The van der Waals surface area contributed by atoms with E-state index in [4.69, 9.17) is 10.8 Å². The zero-order valence-corrected chi connectivity index (χ0v) is 12.6. The second kappa shape index (κ2) is 7.08. The Bertz CT molecular complexity index is 632. The number of nitrogen functional groups attached to an aromatic ring is 1. The summed E-state index contributed by atoms with van der Waals surface area (Å²) in [5.74, 6) is -1.24. The zero-order chi connectivity index (χ0) is 17.0. The summed E-state index contributed by atoms with van der Waals surface area (Å²) in [6.45, 7) is 0.894. The third-order valence-electron chi connectivity index (χ3n) is 4.06. The van der Waals surface area contributed by atoms with Gasteiger partial charge in [0.1, 0.15) is 5.56 Å². The highest BCUT2D eigenvalue weighted by Crippen LogP contribution is 2.28. The smallest absolute Gasteiger partial charge is 0.303 e. The number of anilines is 1. The van der Waals surface area contributed by atoms with Gasteiger partial charge in [-0.3, -0.25) is 19.7 Å². The summed E-state index contributed by atoms with van der Waals surface area (Å²) in [5, 5.41) is 19.9. The number of nitro benzene ring substituents is 1. The Kier molecular flexibility index (Phi) is 5.15. The van der Waals surface area contributed by atoms with Crippen LogP contribution in [0.5, 0.6) is 0 Å². The fourth-order valence-corrected chi connectivity index (χ4v) is 2.91. The van der Waals surface area contributed by atoms with Crippen LogP contribution in [0.15, 0.2) is 18.2 Å². The Hall–Kier alpha value is -2.64. The van der Waals surface area contributed by atoms with Gasteiger partial charge < -0.3 is 15.7 Å². The Morgan fingerprint density at radius 1 is 1.43 bits per heavy atom. The molecule has 1 aromatic rings. The molecule has 1 heterocycles. The van der Waals surface area contributed by atoms with Gasteiger partial charge in [-0.05, 0) is 31.2 Å². The van der Waals surface area contributed by atoms with Gasteiger partial charge >= 0.3 is 5.97 Å². The number of carbonyl (C=O) groups excluding carboxylic acids is 1. The molecule has 1 atom stereocenters. The molecular weight excluding hydrogens is 302 g/mol. The maximum Gasteiger partial charge on any atom is 0.303 e. The first-order valence-corrected chi connectivity index (χ1v) is 7.44. The third kappa shape index (κ3) is 3.97. The number of benzene rings is 1. The van der Waals surface area contributed by atoms with Crippen molar-refractivity contribution in [3.63, 3.8) is 0 Å². The molecule has 23 heavy (non-hydrogen) atoms. The van der Waals surface area contributed by atoms with Crippen LogP contribution in [0, 0.1) is 16.0 Å². The lowest BCUT2D eigenvalue weighted by Gasteiger charge is -2.32. The number of carboxylic acids is 1. The molecule has 1 fully saturated rings. The average Bonchev–Trinajstić information content (AvgIpc) is 2.52. The second-order valence-electron chi connectivity index (χ2n) is 5.69. The number of carbonyl (C=O) groups is 2. The van der Waals surface area contributed by atoms with E-state index in [9.17, 15) is 19.7 Å². The number of rotatable bonds is 5. The van der Waals surface area contributed by atoms with E-state index in [1.807, 2.05) is 0 Å². The van der Waals surface area contributed by atoms with Gasteiger partial charge in [0.05, 0.1) is 10.6 Å². The highest BCUT2D eigenvalue weighted by molar-refractivity contribution is 6.03. The van der Waals surface area contributed by atoms with Gasteiger partial charge in [0, 0.05) is 25.6 Å². The first-order valence-electron chi connectivity index (χ1n) is 7.44. The molecule has 0 aromatic heterocycles. The standard InChI is InChI=1S/C15H19N3O5/c16-11-4-1-5-12(18(22)23)14(11)15(21)17-8-2-3-10(9-17)6-7-13(19)20/h1,4-5,10H,2-3,6-9,16H2,(H,19,20). The maximum absolute atomic E-state index is 12.7. The number of nitro groups is 1. The van der Waals surface area contributed by atoms with E-state index in [2.05, 4.69) is 0 Å². The predicted molar refractivity (Wildman–Crippen MR) is 83.0 cm³/mol. The lowest BCUT2D eigenvalue weighted by atomic mass is 9.93. The van der Waals surface area contributed by atoms with E-state index in [1.54, 1.807) is 0 Å². The molecule has 1 aliphatic heterocycles. The van der Waals surface area contributed by atoms with E-state index >= 15 is 0 Å². The Morgan fingerprint density at radius 2 is 2.17 bits per heavy atom. The average molecular weight is 321 g/mol. The summed E-state index contributed by atoms with van der Waals surface area (Å²) in [6, 6.07) is 4.16. The summed E-state index contributed by atoms with van der Waals surface area (Å²) in [4.78, 5) is 35.4. The van der Waals surface area contributed by atoms with Crippen molar-refractivity contribution in [3.8, 4) is 0 Å². The third-order valence-corrected chi connectivity index (χ3v) is 4.06. The number of hydrogen-bond acceptors (Lipinski definition) is 5. The van der Waals surface area contributed by atoms with Crippen molar-refractivity contribution in [1.29, 1.82) is 0 Å². The van der Waals surface area contributed by atoms with E-state index < -0.39 is 16.8 Å². The Morgan fingerprint density at radius 3 is 2.83 bits per heavy atom. The predicted octanol–water partition coefficient (Wildman–Crippen LogP) is 1.89. The van der Waals surface area contributed by atoms with Gasteiger partial charge in [0.15, 0.2) is 0 Å². The summed E-state index contributed by atoms with van der Waals surface area (Å²) < 4.78 is 0. The summed E-state index contributed by atoms with van der Waals surface area (Å²) >= 11 is 0. The number of amides is 1. The fourth-order valence-electron chi connectivity index (χ4n) is 2.91. The van der Waals surface area contributed by atoms with Crippen LogP contribution in [0.4, 0.5) is 11.4 Å². The topological polar surface area (TPSA) is 127 Å². The fraction of sp³-hybridized carbons (Fsp3) is 0.467. The monoisotopic (exact) mass is 321 g/mol. The van der Waals surface area contributed by atoms with Gasteiger partial charge in [0.2, 0.25) is 0 Å². The second-order valence-corrected chi connectivity index (χ2v) is 5.69. The largest absolute Gasteiger partial charge is 0.481 e. The molecule has 0 aliphatic carbocycles. The van der Waals surface area contributed by atoms with E-state index in [-0.39, 0.29) is 29.3 Å². The molecule has 3 N–H and O–H groups in total. The van der Waals surface area contributed by atoms with Crippen LogP contribution < -0.4 is 5.73 Å². The minimum absolute atomic E-state index is 0.0559. The SMILES string of the molecule is Nc1cccc([N+](=O)[O-])c1C(=O)N1CCCC(CCC(=O)O)C1. The molecular formula is C15H19N3O5. The number of likely N-dealkylation sites (tertiary alicyclic amines) is 1. The quantitative estimate of drug-likeness (QED) is 0.484. The van der Waals surface area contributed by atoms with Crippen molar-refractivity contribution in [2.45, 2.75) is 25.7 Å². The van der Waals surface area contributed by atoms with Crippen molar-refractivity contribution in [1.82, 2.24) is 4.90 Å². The highest BCUT2D eigenvalue weighted by Gasteiger charge is 2.30. The number of aliphatic carboxylic acids is 1. The normalized spacial score (nSPS) is 17.7. The molecule has 0 saturated carbocycles. The molecule has 1 amide bonds. The zero-order valence-electron chi connectivity index (χ0n) is 12.6. The lowest BCUT2D eigenvalue weighted by molar-refractivity contribution is -0.385. The lowest BCUT2D eigenvalue weighted by Crippen LogP contribution is -2.40. The molecule has 1 aliphatic rings. The molecule has 0 radical (unpaired) electrons. The van der Waals surface area contributed by atoms with E-state index in [1.165, 1.54) is 23.1 Å². The minimum atomic E-state index is -0.864. The number of nitrogens with two attached hydrogens (primary N) is 1. The molecule has 8 nitrogen and oxygen atoms in total. The Labute approximate surface area is 133 Å². The molecule has 0 spiro atoms. The van der Waals surface area contributed by atoms with Crippen molar-refractivity contribution in [2.24, 2.45) is 5.92 Å². The van der Waals surface area contributed by atoms with E-state index in [0.717, 1.165) is 12.8 Å². The van der Waals surface area contributed by atoms with Crippen LogP contribution in [0.1, 0.15) is 36.0 Å². The molecule has 8 heteroatoms. The minimum Gasteiger partial charge on any atom is -0.481 e. The van der Waals surface area contributed by atoms with Gasteiger partial charge in [-0.1, -0.05) is 6.07 Å². The van der Waals surface area contributed by atoms with Crippen LogP contribution in [0.25, 0.3) is 0 Å². The molecule has 1 aromatic carbocycles. The van der Waals surface area contributed by atoms with Crippen LogP contribution in [-0.4, -0.2) is 39.9 Å². The summed E-state index contributed by atoms with van der Waals surface area (Å²) in [7, 11) is 0. The van der Waals surface area contributed by atoms with Crippen LogP contribution in [0.3, 0.4) is 0 Å². The number of nitrogens with zero attached hydrogens (tertiary/aromatic N) is 2. The summed E-state index contributed by atoms with van der Waals surface area (Å²) in [5.41, 5.74) is 5.46. The van der Waals surface area contributed by atoms with Gasteiger partial charge in [-0.2, -0.15) is 0 Å².